The fourth-order valence-electron chi connectivity index (χ4n) is 7.85. The van der Waals surface area contributed by atoms with Crippen LogP contribution < -0.4 is 4.90 Å². The third kappa shape index (κ3) is 4.21. The molecule has 1 atom stereocenters. The number of fused-ring (bicyclic) bond motifs is 5. The molecule has 0 saturated heterocycles. The van der Waals surface area contributed by atoms with Crippen LogP contribution in [0.2, 0.25) is 0 Å². The van der Waals surface area contributed by atoms with Gasteiger partial charge in [0, 0.05) is 27.9 Å². The highest BCUT2D eigenvalue weighted by molar-refractivity contribution is 5.89. The van der Waals surface area contributed by atoms with Crippen molar-refractivity contribution in [3.05, 3.63) is 161 Å². The molecule has 216 valence electrons. The highest BCUT2D eigenvalue weighted by Gasteiger charge is 2.37. The van der Waals surface area contributed by atoms with Crippen LogP contribution in [0.25, 0.3) is 27.5 Å². The van der Waals surface area contributed by atoms with Gasteiger partial charge in [-0.15, -0.1) is 0 Å². The van der Waals surface area contributed by atoms with Crippen LogP contribution in [0.15, 0.2) is 133 Å². The molecule has 0 heterocycles. The lowest BCUT2D eigenvalue weighted by molar-refractivity contribution is 0.569. The molecule has 0 aromatic heterocycles. The van der Waals surface area contributed by atoms with Crippen LogP contribution in [0.3, 0.4) is 0 Å². The first-order valence-corrected chi connectivity index (χ1v) is 16.1. The quantitative estimate of drug-likeness (QED) is 0.208. The summed E-state index contributed by atoms with van der Waals surface area (Å²) < 4.78 is 0. The number of aryl methyl sites for hydroxylation is 2. The van der Waals surface area contributed by atoms with Crippen molar-refractivity contribution >= 4 is 27.7 Å². The summed E-state index contributed by atoms with van der Waals surface area (Å²) in [4.78, 5) is 2.47. The molecule has 0 fully saturated rings. The summed E-state index contributed by atoms with van der Waals surface area (Å²) >= 11 is 0. The molecule has 0 saturated carbocycles. The van der Waals surface area contributed by atoms with E-state index in [0.29, 0.717) is 0 Å². The predicted octanol–water partition coefficient (Wildman–Crippen LogP) is 11.5. The normalized spacial score (nSPS) is 19.5. The van der Waals surface area contributed by atoms with Gasteiger partial charge in [-0.1, -0.05) is 123 Å². The number of hydrogen-bond acceptors (Lipinski definition) is 1. The molecule has 0 spiro atoms. The van der Waals surface area contributed by atoms with Gasteiger partial charge in [-0.2, -0.15) is 0 Å². The molecule has 44 heavy (non-hydrogen) atoms. The summed E-state index contributed by atoms with van der Waals surface area (Å²) in [6.07, 6.45) is 13.0. The van der Waals surface area contributed by atoms with Crippen molar-refractivity contribution in [3.8, 4) is 11.1 Å². The van der Waals surface area contributed by atoms with E-state index in [1.807, 2.05) is 0 Å². The number of rotatable bonds is 4. The fraction of sp³-hybridized carbons (Fsp3) is 0.209. The average Bonchev–Trinajstić information content (AvgIpc) is 3.27. The minimum absolute atomic E-state index is 0.0332. The fourth-order valence-corrected chi connectivity index (χ4v) is 7.85. The summed E-state index contributed by atoms with van der Waals surface area (Å²) in [5.74, 6) is 0. The van der Waals surface area contributed by atoms with E-state index in [9.17, 15) is 0 Å². The van der Waals surface area contributed by atoms with Crippen LogP contribution in [0.4, 0.5) is 11.4 Å². The molecule has 1 nitrogen and oxygen atoms in total. The lowest BCUT2D eigenvalue weighted by Gasteiger charge is -2.37. The van der Waals surface area contributed by atoms with E-state index >= 15 is 0 Å². The van der Waals surface area contributed by atoms with E-state index in [4.69, 9.17) is 0 Å². The molecule has 0 N–H and O–H groups in total. The molecule has 8 rings (SSSR count). The van der Waals surface area contributed by atoms with E-state index in [-0.39, 0.29) is 10.8 Å². The van der Waals surface area contributed by atoms with Crippen LogP contribution in [0, 0.1) is 12.3 Å². The number of hydrogen-bond donors (Lipinski definition) is 0. The number of nitrogens with zero attached hydrogens (tertiary/aromatic N) is 1. The van der Waals surface area contributed by atoms with Gasteiger partial charge >= 0.3 is 0 Å². The Morgan fingerprint density at radius 2 is 1.34 bits per heavy atom. The van der Waals surface area contributed by atoms with Gasteiger partial charge < -0.3 is 4.90 Å². The van der Waals surface area contributed by atoms with Crippen molar-refractivity contribution in [1.29, 1.82) is 0 Å². The highest BCUT2D eigenvalue weighted by atomic mass is 15.1. The zero-order chi connectivity index (χ0) is 30.1. The van der Waals surface area contributed by atoms with Crippen molar-refractivity contribution in [2.24, 2.45) is 5.41 Å². The van der Waals surface area contributed by atoms with Gasteiger partial charge in [0.2, 0.25) is 0 Å². The second-order valence-corrected chi connectivity index (χ2v) is 13.7. The molecule has 1 heteroatoms. The number of allylic oxidation sites excluding steroid dienone is 5. The molecule has 3 aliphatic rings. The Labute approximate surface area is 261 Å². The lowest BCUT2D eigenvalue weighted by Crippen LogP contribution is -2.24. The SMILES string of the molecule is Cc1ccc2c(c1)C(C)(C)c1cc(N(C3=CCC(C)(C4=CCCc5ccccc54)C=C3)c3ccc4ccccc4c3)ccc1-2. The summed E-state index contributed by atoms with van der Waals surface area (Å²) in [7, 11) is 0. The van der Waals surface area contributed by atoms with Gasteiger partial charge in [-0.25, -0.2) is 0 Å². The first-order chi connectivity index (χ1) is 21.3. The van der Waals surface area contributed by atoms with Gasteiger partial charge in [0.25, 0.3) is 0 Å². The van der Waals surface area contributed by atoms with E-state index in [1.54, 1.807) is 0 Å². The Kier molecular flexibility index (Phi) is 6.10. The van der Waals surface area contributed by atoms with E-state index < -0.39 is 0 Å². The summed E-state index contributed by atoms with van der Waals surface area (Å²) in [5.41, 5.74) is 14.8. The average molecular weight is 570 g/mol. The second kappa shape index (κ2) is 9.96. The minimum Gasteiger partial charge on any atom is -0.311 e. The van der Waals surface area contributed by atoms with E-state index in [1.165, 1.54) is 72.4 Å². The van der Waals surface area contributed by atoms with Gasteiger partial charge in [0.05, 0.1) is 0 Å². The first-order valence-electron chi connectivity index (χ1n) is 16.1. The predicted molar refractivity (Wildman–Crippen MR) is 188 cm³/mol. The standard InChI is InChI=1S/C43H39N/c1-29-16-20-37-38-21-19-35(28-41(38)42(2,3)40(37)26-29)44(34-18-17-30-10-5-6-12-32(30)27-34)33-22-24-43(4,25-23-33)39-15-9-13-31-11-7-8-14-36(31)39/h5-8,10-12,14-24,26-28H,9,13,25H2,1-4H3. The van der Waals surface area contributed by atoms with E-state index in [0.717, 1.165) is 19.3 Å². The molecule has 0 amide bonds. The van der Waals surface area contributed by atoms with Crippen molar-refractivity contribution in [3.63, 3.8) is 0 Å². The third-order valence-electron chi connectivity index (χ3n) is 10.4. The van der Waals surface area contributed by atoms with Crippen LogP contribution >= 0.6 is 0 Å². The van der Waals surface area contributed by atoms with Crippen LogP contribution in [-0.4, -0.2) is 0 Å². The molecule has 5 aromatic rings. The van der Waals surface area contributed by atoms with Crippen molar-refractivity contribution < 1.29 is 0 Å². The zero-order valence-corrected chi connectivity index (χ0v) is 26.2. The highest BCUT2D eigenvalue weighted by Crippen LogP contribution is 2.51. The molecule has 5 aromatic carbocycles. The van der Waals surface area contributed by atoms with Crippen molar-refractivity contribution in [1.82, 2.24) is 0 Å². The Bertz CT molecular complexity index is 2050. The summed E-state index contributed by atoms with van der Waals surface area (Å²) in [6, 6.07) is 38.6. The largest absolute Gasteiger partial charge is 0.311 e. The monoisotopic (exact) mass is 569 g/mol. The maximum absolute atomic E-state index is 2.48. The number of benzene rings is 5. The van der Waals surface area contributed by atoms with Crippen LogP contribution in [0.1, 0.15) is 61.4 Å². The van der Waals surface area contributed by atoms with Crippen LogP contribution in [-0.2, 0) is 11.8 Å². The van der Waals surface area contributed by atoms with Gasteiger partial charge in [-0.3, -0.25) is 0 Å². The van der Waals surface area contributed by atoms with Crippen molar-refractivity contribution in [2.45, 2.75) is 52.4 Å². The smallest absolute Gasteiger partial charge is 0.0467 e. The molecule has 0 radical (unpaired) electrons. The maximum atomic E-state index is 2.48. The van der Waals surface area contributed by atoms with E-state index in [2.05, 4.69) is 160 Å². The molecular weight excluding hydrogens is 530 g/mol. The third-order valence-corrected chi connectivity index (χ3v) is 10.4. The minimum atomic E-state index is -0.0576. The molecule has 0 aliphatic heterocycles. The first kappa shape index (κ1) is 27.0. The van der Waals surface area contributed by atoms with Gasteiger partial charge in [-0.05, 0) is 106 Å². The lowest BCUT2D eigenvalue weighted by atomic mass is 9.70. The topological polar surface area (TPSA) is 3.24 Å². The Hall–Kier alpha value is -4.62. The Morgan fingerprint density at radius 1 is 0.636 bits per heavy atom. The van der Waals surface area contributed by atoms with Crippen molar-refractivity contribution in [2.75, 3.05) is 4.90 Å². The van der Waals surface area contributed by atoms with Gasteiger partial charge in [0.15, 0.2) is 0 Å². The zero-order valence-electron chi connectivity index (χ0n) is 26.2. The maximum Gasteiger partial charge on any atom is 0.0467 e. The van der Waals surface area contributed by atoms with Gasteiger partial charge in [0.1, 0.15) is 0 Å². The number of anilines is 2. The Morgan fingerprint density at radius 3 is 2.16 bits per heavy atom. The molecule has 3 aliphatic carbocycles. The molecule has 1 unspecified atom stereocenters. The summed E-state index contributed by atoms with van der Waals surface area (Å²) in [5, 5.41) is 2.52. The molecular formula is C43H39N. The Balaban J connectivity index is 1.23. The van der Waals surface area contributed by atoms with Crippen LogP contribution in [0.5, 0.6) is 0 Å². The molecule has 0 bridgehead atoms. The summed E-state index contributed by atoms with van der Waals surface area (Å²) in [6.45, 7) is 9.36. The second-order valence-electron chi connectivity index (χ2n) is 13.7.